The highest BCUT2D eigenvalue weighted by Crippen LogP contribution is 2.24. The van der Waals surface area contributed by atoms with Crippen LogP contribution < -0.4 is 4.72 Å². The Morgan fingerprint density at radius 2 is 1.74 bits per heavy atom. The van der Waals surface area contributed by atoms with Crippen molar-refractivity contribution in [1.82, 2.24) is 9.61 Å². The highest BCUT2D eigenvalue weighted by atomic mass is 32.2. The van der Waals surface area contributed by atoms with E-state index in [9.17, 15) is 8.42 Å². The fraction of sp³-hybridized carbons (Fsp3) is 0.235. The van der Waals surface area contributed by atoms with E-state index < -0.39 is 10.0 Å². The van der Waals surface area contributed by atoms with E-state index in [1.54, 1.807) is 41.2 Å². The zero-order chi connectivity index (χ0) is 16.7. The van der Waals surface area contributed by atoms with Gasteiger partial charge in [0.15, 0.2) is 0 Å². The monoisotopic (exact) mass is 329 g/mol. The van der Waals surface area contributed by atoms with Crippen molar-refractivity contribution in [2.24, 2.45) is 0 Å². The molecule has 0 saturated heterocycles. The Labute approximate surface area is 136 Å². The second kappa shape index (κ2) is 5.38. The van der Waals surface area contributed by atoms with E-state index in [0.717, 1.165) is 11.1 Å². The number of benzene rings is 1. The van der Waals surface area contributed by atoms with Crippen molar-refractivity contribution >= 4 is 21.2 Å². The minimum absolute atomic E-state index is 0.0111. The number of nitrogens with one attached hydrogen (secondary N) is 1. The van der Waals surface area contributed by atoms with E-state index in [0.29, 0.717) is 5.69 Å². The summed E-state index contributed by atoms with van der Waals surface area (Å²) in [7, 11) is -3.61. The lowest BCUT2D eigenvalue weighted by atomic mass is 9.87. The molecule has 0 aliphatic carbocycles. The Morgan fingerprint density at radius 1 is 1.04 bits per heavy atom. The summed E-state index contributed by atoms with van der Waals surface area (Å²) in [5, 5.41) is 4.09. The minimum atomic E-state index is -3.61. The maximum Gasteiger partial charge on any atom is 0.261 e. The van der Waals surface area contributed by atoms with Gasteiger partial charge in [-0.05, 0) is 41.3 Å². The summed E-state index contributed by atoms with van der Waals surface area (Å²) in [6.07, 6.45) is 3.38. The predicted octanol–water partition coefficient (Wildman–Crippen LogP) is 3.43. The molecule has 0 saturated carbocycles. The summed E-state index contributed by atoms with van der Waals surface area (Å²) in [5.74, 6) is 0. The molecular formula is C17H19N3O2S. The van der Waals surface area contributed by atoms with Crippen molar-refractivity contribution < 1.29 is 8.42 Å². The molecule has 0 spiro atoms. The van der Waals surface area contributed by atoms with Gasteiger partial charge in [0.2, 0.25) is 0 Å². The van der Waals surface area contributed by atoms with Crippen LogP contribution in [0.3, 0.4) is 0 Å². The topological polar surface area (TPSA) is 63.5 Å². The van der Waals surface area contributed by atoms with Gasteiger partial charge in [0.05, 0.1) is 16.1 Å². The first-order valence-corrected chi connectivity index (χ1v) is 8.81. The van der Waals surface area contributed by atoms with E-state index in [2.05, 4.69) is 30.6 Å². The Morgan fingerprint density at radius 3 is 2.39 bits per heavy atom. The summed E-state index contributed by atoms with van der Waals surface area (Å²) in [6.45, 7) is 6.28. The van der Waals surface area contributed by atoms with Crippen molar-refractivity contribution in [3.63, 3.8) is 0 Å². The molecule has 0 aliphatic heterocycles. The second-order valence-electron chi connectivity index (χ2n) is 6.50. The Hall–Kier alpha value is -2.34. The quantitative estimate of drug-likeness (QED) is 0.800. The highest BCUT2D eigenvalue weighted by molar-refractivity contribution is 7.92. The number of aromatic nitrogens is 2. The van der Waals surface area contributed by atoms with Gasteiger partial charge >= 0.3 is 0 Å². The zero-order valence-corrected chi connectivity index (χ0v) is 14.1. The predicted molar refractivity (Wildman–Crippen MR) is 91.1 cm³/mol. The lowest BCUT2D eigenvalue weighted by Gasteiger charge is -2.19. The number of hydrogen-bond acceptors (Lipinski definition) is 3. The van der Waals surface area contributed by atoms with Crippen LogP contribution in [0.15, 0.2) is 59.8 Å². The normalized spacial score (nSPS) is 12.5. The lowest BCUT2D eigenvalue weighted by molar-refractivity contribution is 0.587. The van der Waals surface area contributed by atoms with Crippen molar-refractivity contribution in [2.75, 3.05) is 4.72 Å². The number of pyridine rings is 1. The molecule has 2 heterocycles. The van der Waals surface area contributed by atoms with Gasteiger partial charge in [0.25, 0.3) is 10.0 Å². The SMILES string of the molecule is CC(C)(C)c1ccc(S(=O)(=O)Nc2ccn3nccc3c2)cc1. The Balaban J connectivity index is 1.88. The molecule has 3 aromatic rings. The third kappa shape index (κ3) is 3.22. The van der Waals surface area contributed by atoms with E-state index in [-0.39, 0.29) is 10.3 Å². The van der Waals surface area contributed by atoms with Gasteiger partial charge < -0.3 is 0 Å². The van der Waals surface area contributed by atoms with Crippen molar-refractivity contribution in [3.05, 3.63) is 60.4 Å². The summed E-state index contributed by atoms with van der Waals surface area (Å²) in [4.78, 5) is 0.249. The van der Waals surface area contributed by atoms with Crippen LogP contribution in [-0.2, 0) is 15.4 Å². The van der Waals surface area contributed by atoms with E-state index in [4.69, 9.17) is 0 Å². The van der Waals surface area contributed by atoms with Gasteiger partial charge in [0, 0.05) is 12.4 Å². The molecule has 0 radical (unpaired) electrons. The first kappa shape index (κ1) is 15.6. The molecule has 0 amide bonds. The minimum Gasteiger partial charge on any atom is -0.279 e. The molecule has 0 unspecified atom stereocenters. The fourth-order valence-electron chi connectivity index (χ4n) is 2.33. The molecule has 1 aromatic carbocycles. The molecule has 6 heteroatoms. The number of nitrogens with zero attached hydrogens (tertiary/aromatic N) is 2. The third-order valence-corrected chi connectivity index (χ3v) is 5.08. The number of fused-ring (bicyclic) bond motifs is 1. The van der Waals surface area contributed by atoms with Gasteiger partial charge in [-0.1, -0.05) is 32.9 Å². The van der Waals surface area contributed by atoms with Crippen LogP contribution >= 0.6 is 0 Å². The third-order valence-electron chi connectivity index (χ3n) is 3.68. The molecule has 3 rings (SSSR count). The Kier molecular flexibility index (Phi) is 3.64. The smallest absolute Gasteiger partial charge is 0.261 e. The van der Waals surface area contributed by atoms with Crippen molar-refractivity contribution in [3.8, 4) is 0 Å². The van der Waals surface area contributed by atoms with Gasteiger partial charge in [-0.2, -0.15) is 5.10 Å². The molecule has 2 aromatic heterocycles. The number of rotatable bonds is 3. The van der Waals surface area contributed by atoms with E-state index >= 15 is 0 Å². The van der Waals surface area contributed by atoms with Crippen LogP contribution in [0, 0.1) is 0 Å². The molecule has 0 fully saturated rings. The standard InChI is InChI=1S/C17H19N3O2S/c1-17(2,3)13-4-6-16(7-5-13)23(21,22)19-14-9-11-20-15(12-14)8-10-18-20/h4-12,19H,1-3H3. The van der Waals surface area contributed by atoms with Gasteiger partial charge in [0.1, 0.15) is 0 Å². The zero-order valence-electron chi connectivity index (χ0n) is 13.3. The molecule has 5 nitrogen and oxygen atoms in total. The van der Waals surface area contributed by atoms with Gasteiger partial charge in [-0.25, -0.2) is 12.9 Å². The van der Waals surface area contributed by atoms with Crippen LogP contribution in [0.5, 0.6) is 0 Å². The molecule has 23 heavy (non-hydrogen) atoms. The van der Waals surface area contributed by atoms with Crippen LogP contribution in [0.25, 0.3) is 5.52 Å². The fourth-order valence-corrected chi connectivity index (χ4v) is 3.38. The van der Waals surface area contributed by atoms with E-state index in [1.807, 2.05) is 18.2 Å². The summed E-state index contributed by atoms with van der Waals surface area (Å²) in [6, 6.07) is 12.2. The maximum absolute atomic E-state index is 12.5. The summed E-state index contributed by atoms with van der Waals surface area (Å²) in [5.41, 5.74) is 2.42. The van der Waals surface area contributed by atoms with Crippen molar-refractivity contribution in [1.29, 1.82) is 0 Å². The van der Waals surface area contributed by atoms with Gasteiger partial charge in [-0.15, -0.1) is 0 Å². The van der Waals surface area contributed by atoms with Crippen LogP contribution in [0.2, 0.25) is 0 Å². The Bertz CT molecular complexity index is 936. The van der Waals surface area contributed by atoms with Crippen LogP contribution in [0.4, 0.5) is 5.69 Å². The first-order valence-electron chi connectivity index (χ1n) is 7.32. The first-order chi connectivity index (χ1) is 10.8. The average molecular weight is 329 g/mol. The molecule has 0 bridgehead atoms. The van der Waals surface area contributed by atoms with Crippen LogP contribution in [-0.4, -0.2) is 18.0 Å². The number of sulfonamides is 1. The lowest BCUT2D eigenvalue weighted by Crippen LogP contribution is -2.15. The number of hydrogen-bond donors (Lipinski definition) is 1. The molecule has 1 N–H and O–H groups in total. The van der Waals surface area contributed by atoms with E-state index in [1.165, 1.54) is 0 Å². The highest BCUT2D eigenvalue weighted by Gasteiger charge is 2.17. The van der Waals surface area contributed by atoms with Crippen LogP contribution in [0.1, 0.15) is 26.3 Å². The molecular weight excluding hydrogens is 310 g/mol. The second-order valence-corrected chi connectivity index (χ2v) is 8.18. The molecule has 0 atom stereocenters. The maximum atomic E-state index is 12.5. The molecule has 0 aliphatic rings. The van der Waals surface area contributed by atoms with Gasteiger partial charge in [-0.3, -0.25) is 4.72 Å². The van der Waals surface area contributed by atoms with Crippen molar-refractivity contribution in [2.45, 2.75) is 31.1 Å². The summed E-state index contributed by atoms with van der Waals surface area (Å²) < 4.78 is 29.3. The summed E-state index contributed by atoms with van der Waals surface area (Å²) >= 11 is 0. The number of anilines is 1. The molecule has 120 valence electrons. The average Bonchev–Trinajstić information content (AvgIpc) is 2.93. The largest absolute Gasteiger partial charge is 0.279 e.